The Labute approximate surface area is 185 Å². The van der Waals surface area contributed by atoms with Crippen LogP contribution in [-0.4, -0.2) is 33.2 Å². The highest BCUT2D eigenvalue weighted by molar-refractivity contribution is 7.22. The number of carbonyl (C=O) groups is 1. The van der Waals surface area contributed by atoms with Gasteiger partial charge in [0, 0.05) is 25.1 Å². The number of aromatic nitrogens is 3. The molecule has 0 spiro atoms. The van der Waals surface area contributed by atoms with Crippen molar-refractivity contribution >= 4 is 49.4 Å². The third-order valence-corrected chi connectivity index (χ3v) is 5.81. The van der Waals surface area contributed by atoms with E-state index in [1.54, 1.807) is 12.1 Å². The van der Waals surface area contributed by atoms with Gasteiger partial charge in [-0.2, -0.15) is 0 Å². The Morgan fingerprint density at radius 1 is 1.16 bits per heavy atom. The number of ketones is 1. The second kappa shape index (κ2) is 8.75. The molecule has 4 rings (SSSR count). The van der Waals surface area contributed by atoms with Gasteiger partial charge in [-0.3, -0.25) is 4.79 Å². The van der Waals surface area contributed by atoms with Crippen molar-refractivity contribution in [1.82, 2.24) is 14.5 Å². The number of unbranched alkanes of at least 4 members (excludes halogenated alkanes) is 1. The Morgan fingerprint density at radius 3 is 2.72 bits per heavy atom. The third kappa shape index (κ3) is 4.83. The summed E-state index contributed by atoms with van der Waals surface area (Å²) in [6.07, 6.45) is -2.77. The highest BCUT2D eigenvalue weighted by atomic mass is 32.1. The first-order chi connectivity index (χ1) is 15.2. The number of fused-ring (bicyclic) bond motifs is 2. The van der Waals surface area contributed by atoms with Gasteiger partial charge in [0.05, 0.1) is 21.3 Å². The molecule has 0 aliphatic rings. The Balaban J connectivity index is 1.56. The Hall–Kier alpha value is -3.18. The van der Waals surface area contributed by atoms with Crippen molar-refractivity contribution in [3.8, 4) is 5.75 Å². The van der Waals surface area contributed by atoms with Crippen molar-refractivity contribution in [1.29, 1.82) is 0 Å². The summed E-state index contributed by atoms with van der Waals surface area (Å²) in [7, 11) is 1.82. The minimum absolute atomic E-state index is 0.0450. The molecule has 0 unspecified atom stereocenters. The van der Waals surface area contributed by atoms with Gasteiger partial charge in [0.2, 0.25) is 5.95 Å². The number of carbonyl (C=O) groups excluding carboxylic acids is 1. The first-order valence-corrected chi connectivity index (χ1v) is 10.7. The number of aryl methyl sites for hydroxylation is 1. The molecular weight excluding hydrogens is 443 g/mol. The molecule has 2 aromatic heterocycles. The lowest BCUT2D eigenvalue weighted by molar-refractivity contribution is -0.274. The first kappa shape index (κ1) is 22.0. The zero-order valence-corrected chi connectivity index (χ0v) is 17.9. The number of imidazole rings is 1. The molecular formula is C21H20F3N5O2S. The summed E-state index contributed by atoms with van der Waals surface area (Å²) in [6, 6.07) is 9.35. The van der Waals surface area contributed by atoms with Gasteiger partial charge in [0.15, 0.2) is 10.9 Å². The molecule has 0 atom stereocenters. The summed E-state index contributed by atoms with van der Waals surface area (Å²) in [4.78, 5) is 21.3. The van der Waals surface area contributed by atoms with E-state index >= 15 is 0 Å². The van der Waals surface area contributed by atoms with Crippen LogP contribution in [0.25, 0.3) is 21.3 Å². The zero-order chi connectivity index (χ0) is 22.9. The number of rotatable bonds is 8. The summed E-state index contributed by atoms with van der Waals surface area (Å²) in [5.74, 6) is 0.244. The van der Waals surface area contributed by atoms with Gasteiger partial charge < -0.3 is 20.4 Å². The summed E-state index contributed by atoms with van der Waals surface area (Å²) >= 11 is 1.18. The molecule has 0 amide bonds. The molecule has 11 heteroatoms. The van der Waals surface area contributed by atoms with Gasteiger partial charge in [-0.15, -0.1) is 13.2 Å². The Kier molecular flexibility index (Phi) is 6.02. The van der Waals surface area contributed by atoms with Crippen LogP contribution in [0.15, 0.2) is 36.4 Å². The zero-order valence-electron chi connectivity index (χ0n) is 17.1. The van der Waals surface area contributed by atoms with Crippen LogP contribution in [-0.2, 0) is 7.05 Å². The van der Waals surface area contributed by atoms with E-state index in [1.807, 2.05) is 17.7 Å². The van der Waals surface area contributed by atoms with E-state index in [2.05, 4.69) is 20.0 Å². The molecule has 2 aromatic carbocycles. The van der Waals surface area contributed by atoms with E-state index < -0.39 is 6.36 Å². The quantitative estimate of drug-likeness (QED) is 0.278. The molecule has 0 saturated heterocycles. The highest BCUT2D eigenvalue weighted by Gasteiger charge is 2.31. The fourth-order valence-electron chi connectivity index (χ4n) is 3.31. The van der Waals surface area contributed by atoms with Crippen LogP contribution in [0.4, 0.5) is 24.3 Å². The Morgan fingerprint density at radius 2 is 1.97 bits per heavy atom. The number of alkyl halides is 3. The molecule has 2 heterocycles. The number of nitrogens with two attached hydrogens (primary N) is 1. The fourth-order valence-corrected chi connectivity index (χ4v) is 4.20. The van der Waals surface area contributed by atoms with Crippen molar-refractivity contribution in [3.63, 3.8) is 0 Å². The molecule has 168 valence electrons. The van der Waals surface area contributed by atoms with Gasteiger partial charge in [-0.05, 0) is 49.7 Å². The van der Waals surface area contributed by atoms with Crippen LogP contribution in [0.5, 0.6) is 5.75 Å². The van der Waals surface area contributed by atoms with E-state index in [9.17, 15) is 18.0 Å². The average molecular weight is 463 g/mol. The van der Waals surface area contributed by atoms with E-state index in [4.69, 9.17) is 5.73 Å². The van der Waals surface area contributed by atoms with Crippen LogP contribution >= 0.6 is 11.3 Å². The topological polar surface area (TPSA) is 95.1 Å². The number of ether oxygens (including phenoxy) is 1. The number of benzene rings is 2. The van der Waals surface area contributed by atoms with E-state index in [-0.39, 0.29) is 11.5 Å². The Bertz CT molecular complexity index is 1280. The van der Waals surface area contributed by atoms with Crippen LogP contribution in [0.1, 0.15) is 29.6 Å². The van der Waals surface area contributed by atoms with Gasteiger partial charge >= 0.3 is 6.36 Å². The summed E-state index contributed by atoms with van der Waals surface area (Å²) in [5, 5.41) is 3.58. The molecule has 3 N–H and O–H groups in total. The highest BCUT2D eigenvalue weighted by Crippen LogP contribution is 2.33. The standard InChI is InChI=1S/C21H20F3N5O2S/c1-29-16-8-5-12(17(30)4-2-3-9-25)10-15(16)26-19(29)28-20-27-14-7-6-13(11-18(14)32-20)31-21(22,23)24/h5-8,10-11H,2-4,9,25H2,1H3,(H,26,27,28). The first-order valence-electron chi connectivity index (χ1n) is 9.86. The number of hydrogen-bond acceptors (Lipinski definition) is 7. The minimum atomic E-state index is -4.75. The van der Waals surface area contributed by atoms with E-state index in [0.29, 0.717) is 45.3 Å². The predicted octanol–water partition coefficient (Wildman–Crippen LogP) is 5.14. The molecule has 0 radical (unpaired) electrons. The number of nitrogens with one attached hydrogen (secondary N) is 1. The fraction of sp³-hybridized carbons (Fsp3) is 0.286. The van der Waals surface area contributed by atoms with Crippen molar-refractivity contribution in [2.24, 2.45) is 12.8 Å². The van der Waals surface area contributed by atoms with Crippen LogP contribution in [0.3, 0.4) is 0 Å². The molecule has 0 saturated carbocycles. The summed E-state index contributed by atoms with van der Waals surface area (Å²) < 4.78 is 43.7. The molecule has 7 nitrogen and oxygen atoms in total. The van der Waals surface area contributed by atoms with Crippen molar-refractivity contribution < 1.29 is 22.7 Å². The second-order valence-corrected chi connectivity index (χ2v) is 8.22. The molecule has 0 aliphatic carbocycles. The molecule has 0 fully saturated rings. The van der Waals surface area contributed by atoms with Gasteiger partial charge in [0.25, 0.3) is 0 Å². The molecule has 4 aromatic rings. The maximum absolute atomic E-state index is 12.5. The largest absolute Gasteiger partial charge is 0.573 e. The smallest absolute Gasteiger partial charge is 0.406 e. The summed E-state index contributed by atoms with van der Waals surface area (Å²) in [5.41, 5.74) is 8.09. The number of halogens is 3. The van der Waals surface area contributed by atoms with E-state index in [0.717, 1.165) is 18.4 Å². The molecule has 0 aliphatic heterocycles. The minimum Gasteiger partial charge on any atom is -0.406 e. The summed E-state index contributed by atoms with van der Waals surface area (Å²) in [6.45, 7) is 0.560. The lowest BCUT2D eigenvalue weighted by Gasteiger charge is -2.07. The number of thiazole rings is 1. The monoisotopic (exact) mass is 463 g/mol. The number of hydrogen-bond donors (Lipinski definition) is 2. The van der Waals surface area contributed by atoms with Crippen LogP contribution < -0.4 is 15.8 Å². The predicted molar refractivity (Wildman–Crippen MR) is 118 cm³/mol. The van der Waals surface area contributed by atoms with Gasteiger partial charge in [-0.25, -0.2) is 9.97 Å². The lowest BCUT2D eigenvalue weighted by Crippen LogP contribution is -2.16. The lowest BCUT2D eigenvalue weighted by atomic mass is 10.0. The average Bonchev–Trinajstić information content (AvgIpc) is 3.26. The van der Waals surface area contributed by atoms with Crippen LogP contribution in [0, 0.1) is 0 Å². The van der Waals surface area contributed by atoms with Crippen molar-refractivity contribution in [3.05, 3.63) is 42.0 Å². The second-order valence-electron chi connectivity index (χ2n) is 7.19. The van der Waals surface area contributed by atoms with Gasteiger partial charge in [-0.1, -0.05) is 11.3 Å². The van der Waals surface area contributed by atoms with Crippen LogP contribution in [0.2, 0.25) is 0 Å². The van der Waals surface area contributed by atoms with Gasteiger partial charge in [0.1, 0.15) is 5.75 Å². The molecule has 0 bridgehead atoms. The molecule has 32 heavy (non-hydrogen) atoms. The van der Waals surface area contributed by atoms with Crippen molar-refractivity contribution in [2.45, 2.75) is 25.6 Å². The number of Topliss-reactive ketones (excluding diaryl/α,β-unsaturated/α-hetero) is 1. The third-order valence-electron chi connectivity index (χ3n) is 4.87. The maximum Gasteiger partial charge on any atom is 0.573 e. The normalized spacial score (nSPS) is 11.9. The SMILES string of the molecule is Cn1c(Nc2nc3ccc(OC(F)(F)F)cc3s2)nc2cc(C(=O)CCCCN)ccc21. The van der Waals surface area contributed by atoms with E-state index in [1.165, 1.54) is 29.5 Å². The maximum atomic E-state index is 12.5. The number of nitrogens with zero attached hydrogens (tertiary/aromatic N) is 3. The van der Waals surface area contributed by atoms with Crippen molar-refractivity contribution in [2.75, 3.05) is 11.9 Å². The number of anilines is 2.